The number of anilines is 3. The molecule has 3 fully saturated rings. The molecule has 59 heavy (non-hydrogen) atoms. The van der Waals surface area contributed by atoms with Crippen molar-refractivity contribution in [3.63, 3.8) is 0 Å². The van der Waals surface area contributed by atoms with E-state index >= 15 is 0 Å². The first-order chi connectivity index (χ1) is 29.0. The Morgan fingerprint density at radius 2 is 1.17 bits per heavy atom. The third kappa shape index (κ3) is 6.46. The lowest BCUT2D eigenvalue weighted by atomic mass is 9.80. The second-order valence-electron chi connectivity index (χ2n) is 18.7. The van der Waals surface area contributed by atoms with Gasteiger partial charge in [-0.05, 0) is 159 Å². The average Bonchev–Trinajstić information content (AvgIpc) is 4.00. The Kier molecular flexibility index (Phi) is 9.18. The van der Waals surface area contributed by atoms with E-state index in [1.54, 1.807) is 0 Å². The van der Waals surface area contributed by atoms with Crippen LogP contribution in [-0.4, -0.2) is 0 Å². The molecule has 2 bridgehead atoms. The molecular formula is C58H55N. The second kappa shape index (κ2) is 14.9. The van der Waals surface area contributed by atoms with Gasteiger partial charge in [0, 0.05) is 22.4 Å². The first-order valence-corrected chi connectivity index (χ1v) is 22.5. The molecule has 0 aliphatic heterocycles. The number of hydrogen-bond acceptors (Lipinski definition) is 1. The van der Waals surface area contributed by atoms with Crippen molar-refractivity contribution < 1.29 is 0 Å². The van der Waals surface area contributed by atoms with Crippen LogP contribution in [0.4, 0.5) is 17.1 Å². The van der Waals surface area contributed by atoms with Crippen LogP contribution in [0.25, 0.3) is 44.5 Å². The standard InChI is InChI=1S/C58H55N/c1-58(2)55-36-44(40-15-6-3-7-16-40)29-32-51(55)54-37-53(42-19-10-5-11-20-42)57(38-56(54)58)59(47-30-27-43(28-31-47)52-34-39-25-26-46(52)33-39)48-22-14-21-45(35-48)50-24-13-12-23-49(50)41-17-8-4-9-18-41/h3,5-7,10-16,19-24,27-32,35-39,41,46,52H,4,8-9,17-18,25-26,33-34H2,1-2H3. The first-order valence-electron chi connectivity index (χ1n) is 22.5. The highest BCUT2D eigenvalue weighted by molar-refractivity contribution is 5.95. The zero-order valence-electron chi connectivity index (χ0n) is 34.7. The van der Waals surface area contributed by atoms with E-state index in [0.717, 1.165) is 11.8 Å². The quantitative estimate of drug-likeness (QED) is 0.149. The number of rotatable bonds is 8. The number of benzene rings is 7. The molecule has 1 heteroatoms. The van der Waals surface area contributed by atoms with Gasteiger partial charge < -0.3 is 4.90 Å². The topological polar surface area (TPSA) is 3.24 Å². The normalized spacial score (nSPS) is 20.3. The molecule has 3 unspecified atom stereocenters. The molecule has 0 radical (unpaired) electrons. The minimum atomic E-state index is -0.183. The molecule has 4 aliphatic rings. The summed E-state index contributed by atoms with van der Waals surface area (Å²) in [5, 5.41) is 0. The summed E-state index contributed by atoms with van der Waals surface area (Å²) in [5.74, 6) is 3.12. The molecule has 0 saturated heterocycles. The summed E-state index contributed by atoms with van der Waals surface area (Å²) in [5.41, 5.74) is 19.7. The van der Waals surface area contributed by atoms with E-state index in [2.05, 4.69) is 183 Å². The predicted molar refractivity (Wildman–Crippen MR) is 249 cm³/mol. The third-order valence-corrected chi connectivity index (χ3v) is 15.0. The minimum Gasteiger partial charge on any atom is -0.310 e. The van der Waals surface area contributed by atoms with Gasteiger partial charge in [0.15, 0.2) is 0 Å². The van der Waals surface area contributed by atoms with Gasteiger partial charge in [0.25, 0.3) is 0 Å². The molecular weight excluding hydrogens is 711 g/mol. The number of hydrogen-bond donors (Lipinski definition) is 0. The maximum Gasteiger partial charge on any atom is 0.0543 e. The Balaban J connectivity index is 1.09. The Bertz CT molecular complexity index is 2630. The van der Waals surface area contributed by atoms with Crippen LogP contribution in [0, 0.1) is 11.8 Å². The smallest absolute Gasteiger partial charge is 0.0543 e. The van der Waals surface area contributed by atoms with Crippen molar-refractivity contribution in [3.05, 3.63) is 186 Å². The highest BCUT2D eigenvalue weighted by Gasteiger charge is 2.40. The SMILES string of the molecule is CC1(C)c2cc(-c3ccccc3)ccc2-c2cc(-c3ccccc3)c(N(c3ccc(C4CC5CCC4C5)cc3)c3cccc(-c4ccccc4C4CCCCC4)c3)cc21. The van der Waals surface area contributed by atoms with E-state index in [-0.39, 0.29) is 5.41 Å². The lowest BCUT2D eigenvalue weighted by Crippen LogP contribution is -2.17. The largest absolute Gasteiger partial charge is 0.310 e. The zero-order chi connectivity index (χ0) is 39.5. The van der Waals surface area contributed by atoms with Crippen LogP contribution in [0.1, 0.15) is 106 Å². The third-order valence-electron chi connectivity index (χ3n) is 15.0. The minimum absolute atomic E-state index is 0.183. The zero-order valence-corrected chi connectivity index (χ0v) is 34.7. The van der Waals surface area contributed by atoms with E-state index in [9.17, 15) is 0 Å². The van der Waals surface area contributed by atoms with E-state index in [4.69, 9.17) is 0 Å². The lowest BCUT2D eigenvalue weighted by molar-refractivity contribution is 0.420. The molecule has 0 aromatic heterocycles. The molecule has 3 atom stereocenters. The van der Waals surface area contributed by atoms with Crippen LogP contribution in [-0.2, 0) is 5.41 Å². The van der Waals surface area contributed by atoms with Gasteiger partial charge in [0.2, 0.25) is 0 Å². The summed E-state index contributed by atoms with van der Waals surface area (Å²) in [4.78, 5) is 2.58. The van der Waals surface area contributed by atoms with Crippen LogP contribution < -0.4 is 4.90 Å². The molecule has 0 amide bonds. The van der Waals surface area contributed by atoms with Crippen molar-refractivity contribution in [1.82, 2.24) is 0 Å². The summed E-state index contributed by atoms with van der Waals surface area (Å²) >= 11 is 0. The molecule has 4 aliphatic carbocycles. The Labute approximate surface area is 351 Å². The summed E-state index contributed by atoms with van der Waals surface area (Å²) in [6.07, 6.45) is 12.2. The maximum atomic E-state index is 2.58. The summed E-state index contributed by atoms with van der Waals surface area (Å²) in [7, 11) is 0. The molecule has 0 spiro atoms. The fraction of sp³-hybridized carbons (Fsp3) is 0.276. The van der Waals surface area contributed by atoms with E-state index in [1.165, 1.54) is 142 Å². The van der Waals surface area contributed by atoms with Gasteiger partial charge in [-0.2, -0.15) is 0 Å². The summed E-state index contributed by atoms with van der Waals surface area (Å²) < 4.78 is 0. The summed E-state index contributed by atoms with van der Waals surface area (Å²) in [6, 6.07) is 62.6. The van der Waals surface area contributed by atoms with Gasteiger partial charge >= 0.3 is 0 Å². The maximum absolute atomic E-state index is 2.58. The van der Waals surface area contributed by atoms with Crippen LogP contribution in [0.3, 0.4) is 0 Å². The van der Waals surface area contributed by atoms with Crippen LogP contribution in [0.5, 0.6) is 0 Å². The second-order valence-corrected chi connectivity index (χ2v) is 18.7. The Morgan fingerprint density at radius 1 is 0.458 bits per heavy atom. The monoisotopic (exact) mass is 765 g/mol. The molecule has 3 saturated carbocycles. The van der Waals surface area contributed by atoms with Crippen molar-refractivity contribution in [2.45, 2.75) is 88.9 Å². The van der Waals surface area contributed by atoms with Crippen molar-refractivity contribution >= 4 is 17.1 Å². The van der Waals surface area contributed by atoms with Gasteiger partial charge in [0.1, 0.15) is 0 Å². The predicted octanol–water partition coefficient (Wildman–Crippen LogP) is 16.4. The van der Waals surface area contributed by atoms with Crippen LogP contribution in [0.15, 0.2) is 164 Å². The average molecular weight is 766 g/mol. The highest BCUT2D eigenvalue weighted by atomic mass is 15.1. The molecule has 292 valence electrons. The van der Waals surface area contributed by atoms with Crippen LogP contribution in [0.2, 0.25) is 0 Å². The van der Waals surface area contributed by atoms with Crippen molar-refractivity contribution in [3.8, 4) is 44.5 Å². The first kappa shape index (κ1) is 36.4. The Hall–Kier alpha value is -5.66. The molecule has 7 aromatic carbocycles. The van der Waals surface area contributed by atoms with E-state index in [1.807, 2.05) is 0 Å². The van der Waals surface area contributed by atoms with Gasteiger partial charge in [-0.3, -0.25) is 0 Å². The highest BCUT2D eigenvalue weighted by Crippen LogP contribution is 2.56. The van der Waals surface area contributed by atoms with Gasteiger partial charge in [-0.25, -0.2) is 0 Å². The molecule has 0 heterocycles. The number of nitrogens with zero attached hydrogens (tertiary/aromatic N) is 1. The van der Waals surface area contributed by atoms with Gasteiger partial charge in [-0.1, -0.05) is 161 Å². The molecule has 11 rings (SSSR count). The van der Waals surface area contributed by atoms with Gasteiger partial charge in [-0.15, -0.1) is 0 Å². The van der Waals surface area contributed by atoms with Crippen molar-refractivity contribution in [2.75, 3.05) is 4.90 Å². The summed E-state index contributed by atoms with van der Waals surface area (Å²) in [6.45, 7) is 4.85. The van der Waals surface area contributed by atoms with Gasteiger partial charge in [0.05, 0.1) is 5.69 Å². The Morgan fingerprint density at radius 3 is 1.92 bits per heavy atom. The fourth-order valence-electron chi connectivity index (χ4n) is 11.9. The van der Waals surface area contributed by atoms with E-state index in [0.29, 0.717) is 11.8 Å². The molecule has 7 aromatic rings. The van der Waals surface area contributed by atoms with Crippen LogP contribution >= 0.6 is 0 Å². The van der Waals surface area contributed by atoms with E-state index < -0.39 is 0 Å². The molecule has 1 nitrogen and oxygen atoms in total. The van der Waals surface area contributed by atoms with Crippen molar-refractivity contribution in [1.29, 1.82) is 0 Å². The molecule has 0 N–H and O–H groups in total. The van der Waals surface area contributed by atoms with Crippen molar-refractivity contribution in [2.24, 2.45) is 11.8 Å². The lowest BCUT2D eigenvalue weighted by Gasteiger charge is -2.31. The number of fused-ring (bicyclic) bond motifs is 5. The fourth-order valence-corrected chi connectivity index (χ4v) is 11.9.